The number of carbonyl (C=O) groups is 2. The van der Waals surface area contributed by atoms with E-state index < -0.39 is 12.3 Å². The van der Waals surface area contributed by atoms with Crippen LogP contribution in [-0.2, 0) is 17.6 Å². The minimum absolute atomic E-state index is 0.0455. The Morgan fingerprint density at radius 3 is 2.79 bits per heavy atom. The molecular formula is C21H24N4O3S. The van der Waals surface area contributed by atoms with Gasteiger partial charge in [0.25, 0.3) is 5.91 Å². The molecule has 1 saturated heterocycles. The lowest BCUT2D eigenvalue weighted by Crippen LogP contribution is -2.51. The lowest BCUT2D eigenvalue weighted by Gasteiger charge is -2.30. The van der Waals surface area contributed by atoms with Gasteiger partial charge in [-0.05, 0) is 17.2 Å². The van der Waals surface area contributed by atoms with Crippen LogP contribution in [0.15, 0.2) is 41.4 Å². The first-order valence-electron chi connectivity index (χ1n) is 9.74. The van der Waals surface area contributed by atoms with Gasteiger partial charge in [-0.3, -0.25) is 14.6 Å². The van der Waals surface area contributed by atoms with Gasteiger partial charge in [0.15, 0.2) is 0 Å². The van der Waals surface area contributed by atoms with E-state index in [2.05, 4.69) is 15.3 Å². The summed E-state index contributed by atoms with van der Waals surface area (Å²) in [6.07, 6.45) is 1.57. The van der Waals surface area contributed by atoms with E-state index in [-0.39, 0.29) is 11.8 Å². The van der Waals surface area contributed by atoms with Gasteiger partial charge in [-0.1, -0.05) is 30.3 Å². The second-order valence-corrected chi connectivity index (χ2v) is 8.46. The van der Waals surface area contributed by atoms with Gasteiger partial charge in [-0.2, -0.15) is 11.8 Å². The fourth-order valence-electron chi connectivity index (χ4n) is 3.62. The van der Waals surface area contributed by atoms with Crippen molar-refractivity contribution < 1.29 is 14.7 Å². The molecule has 152 valence electrons. The highest BCUT2D eigenvalue weighted by atomic mass is 32.2. The number of aromatic nitrogens is 1. The lowest BCUT2D eigenvalue weighted by atomic mass is 10.0. The summed E-state index contributed by atoms with van der Waals surface area (Å²) in [7, 11) is 0. The van der Waals surface area contributed by atoms with Gasteiger partial charge in [-0.25, -0.2) is 0 Å². The zero-order valence-electron chi connectivity index (χ0n) is 16.0. The van der Waals surface area contributed by atoms with E-state index >= 15 is 0 Å². The molecule has 2 aliphatic rings. The van der Waals surface area contributed by atoms with Crippen molar-refractivity contribution in [2.24, 2.45) is 4.99 Å². The molecule has 2 aromatic rings. The monoisotopic (exact) mass is 412 g/mol. The van der Waals surface area contributed by atoms with E-state index in [9.17, 15) is 14.7 Å². The second-order valence-electron chi connectivity index (χ2n) is 7.24. The summed E-state index contributed by atoms with van der Waals surface area (Å²) in [5.41, 5.74) is 2.94. The molecule has 1 fully saturated rings. The van der Waals surface area contributed by atoms with E-state index in [0.717, 1.165) is 28.3 Å². The fraction of sp³-hybridized carbons (Fsp3) is 0.381. The standard InChI is InChI=1S/C21H24N4O3S/c26-19-12-15-11-16(23-18(15)13-22-19)20(27)24-17(10-14-4-2-1-3-5-14)21(28)25-6-8-29-9-7-25/h1-5,11,13,17,19,23,26H,6-10,12H2,(H,24,27)/t17-,19?/m0/s1. The third-order valence-corrected chi connectivity index (χ3v) is 6.11. The lowest BCUT2D eigenvalue weighted by molar-refractivity contribution is -0.132. The van der Waals surface area contributed by atoms with Crippen molar-refractivity contribution in [3.63, 3.8) is 0 Å². The molecule has 3 N–H and O–H groups in total. The van der Waals surface area contributed by atoms with E-state index in [0.29, 0.717) is 31.6 Å². The fourth-order valence-corrected chi connectivity index (χ4v) is 4.52. The molecule has 1 aromatic carbocycles. The van der Waals surface area contributed by atoms with E-state index in [1.54, 1.807) is 6.07 Å². The molecule has 0 aliphatic carbocycles. The number of nitrogens with one attached hydrogen (secondary N) is 2. The van der Waals surface area contributed by atoms with Gasteiger partial charge < -0.3 is 20.3 Å². The number of benzene rings is 1. The van der Waals surface area contributed by atoms with Gasteiger partial charge in [0.1, 0.15) is 18.0 Å². The average Bonchev–Trinajstić information content (AvgIpc) is 3.17. The third kappa shape index (κ3) is 4.71. The van der Waals surface area contributed by atoms with Crippen LogP contribution in [0.5, 0.6) is 0 Å². The number of thioether (sulfide) groups is 1. The second kappa shape index (κ2) is 8.84. The number of aliphatic hydroxyl groups is 1. The van der Waals surface area contributed by atoms with Crippen molar-refractivity contribution in [1.29, 1.82) is 0 Å². The van der Waals surface area contributed by atoms with Crippen molar-refractivity contribution in [3.05, 3.63) is 58.9 Å². The Morgan fingerprint density at radius 1 is 1.28 bits per heavy atom. The maximum absolute atomic E-state index is 13.1. The zero-order valence-corrected chi connectivity index (χ0v) is 16.8. The SMILES string of the molecule is O=C(N[C@@H](Cc1ccccc1)C(=O)N1CCSCC1)c1cc2c([nH]1)C=NC(O)C2. The number of aromatic amines is 1. The quantitative estimate of drug-likeness (QED) is 0.688. The normalized spacial score (nSPS) is 19.5. The van der Waals surface area contributed by atoms with Gasteiger partial charge in [0.05, 0.1) is 5.69 Å². The summed E-state index contributed by atoms with van der Waals surface area (Å²) in [4.78, 5) is 34.9. The Balaban J connectivity index is 1.52. The van der Waals surface area contributed by atoms with Crippen molar-refractivity contribution in [2.75, 3.05) is 24.6 Å². The minimum atomic E-state index is -0.779. The van der Waals surface area contributed by atoms with Crippen LogP contribution in [0.25, 0.3) is 0 Å². The van der Waals surface area contributed by atoms with Crippen molar-refractivity contribution in [2.45, 2.75) is 25.1 Å². The molecule has 0 radical (unpaired) electrons. The number of H-pyrrole nitrogens is 1. The molecule has 8 heteroatoms. The molecule has 0 saturated carbocycles. The molecular weight excluding hydrogens is 388 g/mol. The summed E-state index contributed by atoms with van der Waals surface area (Å²) in [5.74, 6) is 1.46. The first-order valence-corrected chi connectivity index (χ1v) is 10.9. The number of aliphatic imine (C=N–C) groups is 1. The van der Waals surface area contributed by atoms with Crippen LogP contribution in [0.3, 0.4) is 0 Å². The molecule has 1 aromatic heterocycles. The molecule has 0 spiro atoms. The van der Waals surface area contributed by atoms with Crippen LogP contribution in [0.1, 0.15) is 27.3 Å². The Hall–Kier alpha value is -2.58. The molecule has 0 bridgehead atoms. The zero-order chi connectivity index (χ0) is 20.2. The summed E-state index contributed by atoms with van der Waals surface area (Å²) in [6, 6.07) is 10.8. The Bertz CT molecular complexity index is 906. The molecule has 2 amide bonds. The number of fused-ring (bicyclic) bond motifs is 1. The molecule has 3 heterocycles. The first-order chi connectivity index (χ1) is 14.1. The van der Waals surface area contributed by atoms with Crippen LogP contribution < -0.4 is 5.32 Å². The number of carbonyl (C=O) groups excluding carboxylic acids is 2. The number of hydrogen-bond donors (Lipinski definition) is 3. The molecule has 2 aliphatic heterocycles. The van der Waals surface area contributed by atoms with Crippen molar-refractivity contribution >= 4 is 29.8 Å². The Morgan fingerprint density at radius 2 is 2.03 bits per heavy atom. The maximum Gasteiger partial charge on any atom is 0.268 e. The number of aliphatic hydroxyl groups excluding tert-OH is 1. The van der Waals surface area contributed by atoms with Gasteiger partial charge in [0.2, 0.25) is 5.91 Å². The largest absolute Gasteiger partial charge is 0.371 e. The van der Waals surface area contributed by atoms with Crippen LogP contribution >= 0.6 is 11.8 Å². The molecule has 29 heavy (non-hydrogen) atoms. The highest BCUT2D eigenvalue weighted by molar-refractivity contribution is 7.99. The predicted octanol–water partition coefficient (Wildman–Crippen LogP) is 1.22. The van der Waals surface area contributed by atoms with E-state index in [4.69, 9.17) is 0 Å². The average molecular weight is 413 g/mol. The summed E-state index contributed by atoms with van der Waals surface area (Å²) >= 11 is 1.84. The summed E-state index contributed by atoms with van der Waals surface area (Å²) in [6.45, 7) is 1.41. The predicted molar refractivity (Wildman–Crippen MR) is 113 cm³/mol. The smallest absolute Gasteiger partial charge is 0.268 e. The van der Waals surface area contributed by atoms with Gasteiger partial charge in [0, 0.05) is 43.7 Å². The van der Waals surface area contributed by atoms with Gasteiger partial charge >= 0.3 is 0 Å². The molecule has 1 unspecified atom stereocenters. The van der Waals surface area contributed by atoms with Crippen molar-refractivity contribution in [1.82, 2.24) is 15.2 Å². The summed E-state index contributed by atoms with van der Waals surface area (Å²) in [5, 5.41) is 12.6. The first kappa shape index (κ1) is 19.7. The Kier molecular flexibility index (Phi) is 6.01. The number of nitrogens with zero attached hydrogens (tertiary/aromatic N) is 2. The third-order valence-electron chi connectivity index (χ3n) is 5.17. The molecule has 2 atom stereocenters. The van der Waals surface area contributed by atoms with Crippen molar-refractivity contribution in [3.8, 4) is 0 Å². The molecule has 4 rings (SSSR count). The van der Waals surface area contributed by atoms with Gasteiger partial charge in [-0.15, -0.1) is 0 Å². The minimum Gasteiger partial charge on any atom is -0.371 e. The topological polar surface area (TPSA) is 97.8 Å². The van der Waals surface area contributed by atoms with E-state index in [1.807, 2.05) is 47.0 Å². The highest BCUT2D eigenvalue weighted by Crippen LogP contribution is 2.17. The van der Waals surface area contributed by atoms with Crippen LogP contribution in [0.2, 0.25) is 0 Å². The molecule has 7 nitrogen and oxygen atoms in total. The summed E-state index contributed by atoms with van der Waals surface area (Å²) < 4.78 is 0. The Labute approximate surface area is 173 Å². The number of hydrogen-bond acceptors (Lipinski definition) is 5. The van der Waals surface area contributed by atoms with E-state index in [1.165, 1.54) is 6.21 Å². The maximum atomic E-state index is 13.1. The number of rotatable bonds is 5. The van der Waals surface area contributed by atoms with Crippen LogP contribution in [0.4, 0.5) is 0 Å². The van der Waals surface area contributed by atoms with Crippen LogP contribution in [-0.4, -0.2) is 69.9 Å². The number of amides is 2. The highest BCUT2D eigenvalue weighted by Gasteiger charge is 2.28. The van der Waals surface area contributed by atoms with Crippen LogP contribution in [0, 0.1) is 0 Å².